The Morgan fingerprint density at radius 3 is 2.86 bits per heavy atom. The molecule has 0 atom stereocenters. The maximum Gasteiger partial charge on any atom is 0.223 e. The predicted octanol–water partition coefficient (Wildman–Crippen LogP) is 3.35. The van der Waals surface area contributed by atoms with Gasteiger partial charge < -0.3 is 5.32 Å². The Hall–Kier alpha value is -2.43. The fourth-order valence-electron chi connectivity index (χ4n) is 2.42. The first-order valence-electron chi connectivity index (χ1n) is 7.25. The van der Waals surface area contributed by atoms with Gasteiger partial charge in [0.25, 0.3) is 0 Å². The third-order valence-electron chi connectivity index (χ3n) is 3.36. The molecule has 1 N–H and O–H groups in total. The summed E-state index contributed by atoms with van der Waals surface area (Å²) >= 11 is 0. The minimum Gasteiger partial charge on any atom is -0.354 e. The summed E-state index contributed by atoms with van der Waals surface area (Å²) in [6, 6.07) is 8.02. The number of fused-ring (bicyclic) bond motifs is 1. The van der Waals surface area contributed by atoms with Crippen LogP contribution < -0.4 is 5.32 Å². The van der Waals surface area contributed by atoms with E-state index < -0.39 is 0 Å². The highest BCUT2D eigenvalue weighted by Crippen LogP contribution is 2.31. The highest BCUT2D eigenvalue weighted by atomic mass is 15.2. The smallest absolute Gasteiger partial charge is 0.223 e. The van der Waals surface area contributed by atoms with E-state index in [1.165, 1.54) is 0 Å². The van der Waals surface area contributed by atoms with Gasteiger partial charge in [0.2, 0.25) is 5.95 Å². The molecule has 0 aliphatic rings. The summed E-state index contributed by atoms with van der Waals surface area (Å²) in [6.07, 6.45) is 3.76. The molecule has 3 aromatic heterocycles. The number of nitrogens with zero attached hydrogens (tertiary/aromatic N) is 4. The molecule has 108 valence electrons. The minimum absolute atomic E-state index is 0.331. The molecule has 5 nitrogen and oxygen atoms in total. The number of hydrogen-bond acceptors (Lipinski definition) is 4. The van der Waals surface area contributed by atoms with Gasteiger partial charge >= 0.3 is 0 Å². The molecule has 0 aliphatic heterocycles. The third-order valence-corrected chi connectivity index (χ3v) is 3.36. The Balaban J connectivity index is 2.23. The molecule has 0 bridgehead atoms. The van der Waals surface area contributed by atoms with E-state index in [0.29, 0.717) is 11.9 Å². The van der Waals surface area contributed by atoms with E-state index >= 15 is 0 Å². The fourth-order valence-corrected chi connectivity index (χ4v) is 2.42. The zero-order chi connectivity index (χ0) is 14.8. The highest BCUT2D eigenvalue weighted by molar-refractivity contribution is 5.81. The Bertz CT molecular complexity index is 760. The molecule has 0 saturated heterocycles. The second kappa shape index (κ2) is 5.52. The monoisotopic (exact) mass is 281 g/mol. The molecule has 0 aliphatic carbocycles. The van der Waals surface area contributed by atoms with Crippen LogP contribution in [-0.4, -0.2) is 26.1 Å². The van der Waals surface area contributed by atoms with Crippen molar-refractivity contribution in [2.75, 3.05) is 11.9 Å². The number of hydrogen-bond donors (Lipinski definition) is 1. The largest absolute Gasteiger partial charge is 0.354 e. The lowest BCUT2D eigenvalue weighted by Crippen LogP contribution is -2.02. The number of anilines is 1. The van der Waals surface area contributed by atoms with Crippen molar-refractivity contribution in [3.05, 3.63) is 42.4 Å². The molecule has 0 aromatic carbocycles. The van der Waals surface area contributed by atoms with Crippen molar-refractivity contribution >= 4 is 11.5 Å². The van der Waals surface area contributed by atoms with E-state index in [9.17, 15) is 0 Å². The van der Waals surface area contributed by atoms with Gasteiger partial charge in [-0.25, -0.2) is 14.5 Å². The van der Waals surface area contributed by atoms with Gasteiger partial charge in [-0.2, -0.15) is 5.10 Å². The van der Waals surface area contributed by atoms with Crippen LogP contribution >= 0.6 is 0 Å². The molecule has 0 radical (unpaired) electrons. The van der Waals surface area contributed by atoms with E-state index in [1.807, 2.05) is 35.8 Å². The molecular formula is C16H19N5. The normalized spacial score (nSPS) is 11.2. The molecule has 0 saturated carbocycles. The average molecular weight is 281 g/mol. The lowest BCUT2D eigenvalue weighted by molar-refractivity contribution is 0.789. The van der Waals surface area contributed by atoms with E-state index in [4.69, 9.17) is 5.10 Å². The van der Waals surface area contributed by atoms with E-state index in [0.717, 1.165) is 29.0 Å². The van der Waals surface area contributed by atoms with Gasteiger partial charge in [-0.1, -0.05) is 19.9 Å². The van der Waals surface area contributed by atoms with Crippen molar-refractivity contribution in [3.63, 3.8) is 0 Å². The SMILES string of the molecule is CCNc1nccc(-c2c(C(C)C)nn3ccccc23)n1. The van der Waals surface area contributed by atoms with Crippen LogP contribution in [-0.2, 0) is 0 Å². The molecule has 5 heteroatoms. The van der Waals surface area contributed by atoms with Crippen molar-refractivity contribution in [1.29, 1.82) is 0 Å². The van der Waals surface area contributed by atoms with Crippen LogP contribution in [0.25, 0.3) is 16.8 Å². The third kappa shape index (κ3) is 2.46. The highest BCUT2D eigenvalue weighted by Gasteiger charge is 2.18. The number of nitrogens with one attached hydrogen (secondary N) is 1. The van der Waals surface area contributed by atoms with Gasteiger partial charge in [-0.3, -0.25) is 0 Å². The second-order valence-corrected chi connectivity index (χ2v) is 5.24. The summed E-state index contributed by atoms with van der Waals surface area (Å²) in [6.45, 7) is 7.13. The Kier molecular flexibility index (Phi) is 3.56. The van der Waals surface area contributed by atoms with Crippen LogP contribution in [0, 0.1) is 0 Å². The topological polar surface area (TPSA) is 55.1 Å². The van der Waals surface area contributed by atoms with Gasteiger partial charge in [-0.15, -0.1) is 0 Å². The lowest BCUT2D eigenvalue weighted by atomic mass is 10.0. The van der Waals surface area contributed by atoms with Gasteiger partial charge in [0.05, 0.1) is 16.9 Å². The van der Waals surface area contributed by atoms with Crippen LogP contribution in [0.2, 0.25) is 0 Å². The van der Waals surface area contributed by atoms with Crippen molar-refractivity contribution < 1.29 is 0 Å². The first-order valence-corrected chi connectivity index (χ1v) is 7.25. The fraction of sp³-hybridized carbons (Fsp3) is 0.312. The summed E-state index contributed by atoms with van der Waals surface area (Å²) in [4.78, 5) is 8.87. The first kappa shape index (κ1) is 13.5. The van der Waals surface area contributed by atoms with Crippen LogP contribution in [0.15, 0.2) is 36.7 Å². The first-order chi connectivity index (χ1) is 10.2. The number of aromatic nitrogens is 4. The maximum atomic E-state index is 4.70. The number of rotatable bonds is 4. The summed E-state index contributed by atoms with van der Waals surface area (Å²) in [5.74, 6) is 0.984. The standard InChI is InChI=1S/C16H19N5/c1-4-17-16-18-9-8-12(19-16)14-13-7-5-6-10-21(13)20-15(14)11(2)3/h5-11H,4H2,1-3H3,(H,17,18,19). The Morgan fingerprint density at radius 1 is 1.24 bits per heavy atom. The molecule has 3 heterocycles. The van der Waals surface area contributed by atoms with Gasteiger partial charge in [-0.05, 0) is 31.0 Å². The molecule has 0 fully saturated rings. The molecule has 3 rings (SSSR count). The van der Waals surface area contributed by atoms with E-state index in [2.05, 4.69) is 35.2 Å². The zero-order valence-corrected chi connectivity index (χ0v) is 12.5. The maximum absolute atomic E-state index is 4.70. The molecule has 3 aromatic rings. The molecular weight excluding hydrogens is 262 g/mol. The summed E-state index contributed by atoms with van der Waals surface area (Å²) in [5.41, 5.74) is 4.13. The lowest BCUT2D eigenvalue weighted by Gasteiger charge is -2.07. The van der Waals surface area contributed by atoms with E-state index in [-0.39, 0.29) is 0 Å². The Morgan fingerprint density at radius 2 is 2.10 bits per heavy atom. The second-order valence-electron chi connectivity index (χ2n) is 5.24. The van der Waals surface area contributed by atoms with Gasteiger partial charge in [0.1, 0.15) is 0 Å². The van der Waals surface area contributed by atoms with Crippen molar-refractivity contribution in [2.24, 2.45) is 0 Å². The van der Waals surface area contributed by atoms with Gasteiger partial charge in [0.15, 0.2) is 0 Å². The predicted molar refractivity (Wildman–Crippen MR) is 84.5 cm³/mol. The molecule has 0 unspecified atom stereocenters. The molecule has 21 heavy (non-hydrogen) atoms. The molecule has 0 spiro atoms. The summed E-state index contributed by atoms with van der Waals surface area (Å²) in [5, 5.41) is 7.86. The molecule has 0 amide bonds. The van der Waals surface area contributed by atoms with Crippen molar-refractivity contribution in [1.82, 2.24) is 19.6 Å². The summed E-state index contributed by atoms with van der Waals surface area (Å²) in [7, 11) is 0. The van der Waals surface area contributed by atoms with Crippen LogP contribution in [0.5, 0.6) is 0 Å². The number of pyridine rings is 1. The van der Waals surface area contributed by atoms with Gasteiger partial charge in [0, 0.05) is 24.5 Å². The van der Waals surface area contributed by atoms with Crippen molar-refractivity contribution in [3.8, 4) is 11.3 Å². The zero-order valence-electron chi connectivity index (χ0n) is 12.5. The minimum atomic E-state index is 0.331. The summed E-state index contributed by atoms with van der Waals surface area (Å²) < 4.78 is 1.92. The van der Waals surface area contributed by atoms with Crippen LogP contribution in [0.4, 0.5) is 5.95 Å². The van der Waals surface area contributed by atoms with Crippen LogP contribution in [0.1, 0.15) is 32.4 Å². The Labute approximate surface area is 124 Å². The van der Waals surface area contributed by atoms with E-state index in [1.54, 1.807) is 6.20 Å². The average Bonchev–Trinajstić information content (AvgIpc) is 2.87. The van der Waals surface area contributed by atoms with Crippen LogP contribution in [0.3, 0.4) is 0 Å². The quantitative estimate of drug-likeness (QED) is 0.797. The van der Waals surface area contributed by atoms with Crippen molar-refractivity contribution in [2.45, 2.75) is 26.7 Å².